The molecule has 0 fully saturated rings. The van der Waals surface area contributed by atoms with Crippen molar-refractivity contribution in [2.24, 2.45) is 0 Å². The molecule has 0 amide bonds. The Kier molecular flexibility index (Phi) is 4.58. The van der Waals surface area contributed by atoms with E-state index in [1.54, 1.807) is 36.8 Å². The molecule has 0 atom stereocenters. The number of pyridine rings is 1. The number of benzene rings is 1. The van der Waals surface area contributed by atoms with Gasteiger partial charge in [0.2, 0.25) is 0 Å². The number of non-ortho nitro benzene ring substituents is 1. The molecule has 3 aromatic heterocycles. The number of aromatic nitrogens is 3. The largest absolute Gasteiger partial charge is 0.461 e. The van der Waals surface area contributed by atoms with Gasteiger partial charge in [-0.3, -0.25) is 15.1 Å². The number of thiazole rings is 1. The van der Waals surface area contributed by atoms with Crippen LogP contribution in [0.3, 0.4) is 0 Å². The van der Waals surface area contributed by atoms with Crippen molar-refractivity contribution in [1.82, 2.24) is 14.6 Å². The summed E-state index contributed by atoms with van der Waals surface area (Å²) in [5, 5.41) is 17.5. The number of esters is 1. The van der Waals surface area contributed by atoms with Crippen LogP contribution in [0.25, 0.3) is 27.2 Å². The second kappa shape index (κ2) is 7.20. The van der Waals surface area contributed by atoms with E-state index in [9.17, 15) is 14.9 Å². The predicted molar refractivity (Wildman–Crippen MR) is 104 cm³/mol. The van der Waals surface area contributed by atoms with Gasteiger partial charge in [-0.2, -0.15) is 5.10 Å². The normalized spacial score (nSPS) is 10.9. The van der Waals surface area contributed by atoms with E-state index in [1.807, 2.05) is 12.1 Å². The molecule has 0 aliphatic carbocycles. The number of carbonyl (C=O) groups excluding carboxylic acids is 1. The standard InChI is InChI=1S/C19H14N4O4S/c1-2-27-19(24)15-11-28-18-16(12-6-8-20-9-7-12)17(21-22(15)18)13-4-3-5-14(10-13)23(25)26/h3-11H,2H2,1H3. The van der Waals surface area contributed by atoms with Crippen LogP contribution < -0.4 is 0 Å². The SMILES string of the molecule is CCOC(=O)c1csc2c(-c3ccncc3)c(-c3cccc([N+](=O)[O-])c3)nn12. The highest BCUT2D eigenvalue weighted by atomic mass is 32.1. The first-order chi connectivity index (χ1) is 13.6. The number of nitro benzene ring substituents is 1. The van der Waals surface area contributed by atoms with Crippen molar-refractivity contribution in [2.75, 3.05) is 6.61 Å². The van der Waals surface area contributed by atoms with E-state index < -0.39 is 10.9 Å². The van der Waals surface area contributed by atoms with Gasteiger partial charge in [0, 0.05) is 41.0 Å². The molecule has 1 aromatic carbocycles. The molecule has 0 aliphatic rings. The number of ether oxygens (including phenoxy) is 1. The van der Waals surface area contributed by atoms with E-state index in [0.29, 0.717) is 17.0 Å². The van der Waals surface area contributed by atoms with E-state index in [4.69, 9.17) is 4.74 Å². The minimum Gasteiger partial charge on any atom is -0.461 e. The molecular formula is C19H14N4O4S. The average Bonchev–Trinajstić information content (AvgIpc) is 3.28. The minimum absolute atomic E-state index is 0.0276. The molecule has 0 saturated heterocycles. The molecule has 3 heterocycles. The fourth-order valence-corrected chi connectivity index (χ4v) is 3.91. The maximum absolute atomic E-state index is 12.3. The lowest BCUT2D eigenvalue weighted by Crippen LogP contribution is -2.08. The highest BCUT2D eigenvalue weighted by Gasteiger charge is 2.23. The zero-order chi connectivity index (χ0) is 19.7. The Bertz CT molecular complexity index is 1180. The Labute approximate surface area is 163 Å². The lowest BCUT2D eigenvalue weighted by atomic mass is 10.0. The maximum Gasteiger partial charge on any atom is 0.357 e. The van der Waals surface area contributed by atoms with Gasteiger partial charge in [0.1, 0.15) is 10.5 Å². The lowest BCUT2D eigenvalue weighted by Gasteiger charge is -2.03. The van der Waals surface area contributed by atoms with Crippen LogP contribution in [-0.2, 0) is 4.74 Å². The molecule has 28 heavy (non-hydrogen) atoms. The van der Waals surface area contributed by atoms with Gasteiger partial charge < -0.3 is 4.74 Å². The second-order valence-electron chi connectivity index (χ2n) is 5.83. The molecule has 9 heteroatoms. The summed E-state index contributed by atoms with van der Waals surface area (Å²) >= 11 is 1.36. The summed E-state index contributed by atoms with van der Waals surface area (Å²) in [4.78, 5) is 27.8. The molecule has 4 rings (SSSR count). The molecule has 0 bridgehead atoms. The molecule has 0 saturated carbocycles. The van der Waals surface area contributed by atoms with Crippen molar-refractivity contribution in [3.05, 3.63) is 70.0 Å². The first-order valence-corrected chi connectivity index (χ1v) is 9.30. The lowest BCUT2D eigenvalue weighted by molar-refractivity contribution is -0.384. The summed E-state index contributed by atoms with van der Waals surface area (Å²) in [5.41, 5.74) is 3.06. The van der Waals surface area contributed by atoms with Crippen LogP contribution in [-0.4, -0.2) is 32.1 Å². The van der Waals surface area contributed by atoms with Gasteiger partial charge in [0.05, 0.1) is 11.5 Å². The zero-order valence-corrected chi connectivity index (χ0v) is 15.5. The second-order valence-corrected chi connectivity index (χ2v) is 6.68. The predicted octanol–water partition coefficient (Wildman–Crippen LogP) is 4.21. The summed E-state index contributed by atoms with van der Waals surface area (Å²) < 4.78 is 6.65. The van der Waals surface area contributed by atoms with Crippen LogP contribution in [0.1, 0.15) is 17.4 Å². The van der Waals surface area contributed by atoms with Gasteiger partial charge in [0.25, 0.3) is 5.69 Å². The summed E-state index contributed by atoms with van der Waals surface area (Å²) in [6, 6.07) is 9.94. The summed E-state index contributed by atoms with van der Waals surface area (Å²) in [7, 11) is 0. The Morgan fingerprint density at radius 3 is 2.75 bits per heavy atom. The number of hydrogen-bond acceptors (Lipinski definition) is 7. The van der Waals surface area contributed by atoms with Crippen molar-refractivity contribution in [3.8, 4) is 22.4 Å². The van der Waals surface area contributed by atoms with Crippen molar-refractivity contribution in [3.63, 3.8) is 0 Å². The highest BCUT2D eigenvalue weighted by Crippen LogP contribution is 2.38. The van der Waals surface area contributed by atoms with E-state index in [-0.39, 0.29) is 12.3 Å². The first kappa shape index (κ1) is 17.8. The summed E-state index contributed by atoms with van der Waals surface area (Å²) in [6.07, 6.45) is 3.33. The van der Waals surface area contributed by atoms with Crippen molar-refractivity contribution < 1.29 is 14.5 Å². The van der Waals surface area contributed by atoms with Gasteiger partial charge in [0.15, 0.2) is 5.69 Å². The monoisotopic (exact) mass is 394 g/mol. The number of fused-ring (bicyclic) bond motifs is 1. The molecule has 0 unspecified atom stereocenters. The van der Waals surface area contributed by atoms with E-state index in [1.165, 1.54) is 28.0 Å². The topological polar surface area (TPSA) is 99.6 Å². The molecule has 140 valence electrons. The zero-order valence-electron chi connectivity index (χ0n) is 14.7. The third-order valence-electron chi connectivity index (χ3n) is 4.14. The Hall–Kier alpha value is -3.59. The van der Waals surface area contributed by atoms with Gasteiger partial charge in [-0.1, -0.05) is 12.1 Å². The fraction of sp³-hybridized carbons (Fsp3) is 0.105. The van der Waals surface area contributed by atoms with Crippen LogP contribution in [0.5, 0.6) is 0 Å². The molecule has 0 spiro atoms. The molecule has 8 nitrogen and oxygen atoms in total. The van der Waals surface area contributed by atoms with Crippen LogP contribution in [0, 0.1) is 10.1 Å². The van der Waals surface area contributed by atoms with Crippen LogP contribution in [0.2, 0.25) is 0 Å². The third-order valence-corrected chi connectivity index (χ3v) is 5.08. The van der Waals surface area contributed by atoms with E-state index >= 15 is 0 Å². The Balaban J connectivity index is 1.98. The number of carbonyl (C=O) groups is 1. The third kappa shape index (κ3) is 3.01. The molecule has 4 aromatic rings. The summed E-state index contributed by atoms with van der Waals surface area (Å²) in [6.45, 7) is 1.99. The average molecular weight is 394 g/mol. The van der Waals surface area contributed by atoms with E-state index in [2.05, 4.69) is 10.1 Å². The quantitative estimate of drug-likeness (QED) is 0.286. The summed E-state index contributed by atoms with van der Waals surface area (Å²) in [5.74, 6) is -0.469. The van der Waals surface area contributed by atoms with Gasteiger partial charge in [-0.25, -0.2) is 9.31 Å². The number of nitro groups is 1. The van der Waals surface area contributed by atoms with Crippen LogP contribution >= 0.6 is 11.3 Å². The van der Waals surface area contributed by atoms with E-state index in [0.717, 1.165) is 16.0 Å². The molecule has 0 aliphatic heterocycles. The van der Waals surface area contributed by atoms with Crippen LogP contribution in [0.4, 0.5) is 5.69 Å². The number of hydrogen-bond donors (Lipinski definition) is 0. The van der Waals surface area contributed by atoms with Crippen molar-refractivity contribution in [2.45, 2.75) is 6.92 Å². The maximum atomic E-state index is 12.3. The molecule has 0 N–H and O–H groups in total. The van der Waals surface area contributed by atoms with Crippen molar-refractivity contribution in [1.29, 1.82) is 0 Å². The van der Waals surface area contributed by atoms with Crippen LogP contribution in [0.15, 0.2) is 54.2 Å². The Morgan fingerprint density at radius 1 is 1.25 bits per heavy atom. The highest BCUT2D eigenvalue weighted by molar-refractivity contribution is 7.16. The minimum atomic E-state index is -0.469. The fourth-order valence-electron chi connectivity index (χ4n) is 2.92. The van der Waals surface area contributed by atoms with Gasteiger partial charge in [-0.05, 0) is 24.6 Å². The number of rotatable bonds is 5. The smallest absolute Gasteiger partial charge is 0.357 e. The number of nitrogens with zero attached hydrogens (tertiary/aromatic N) is 4. The van der Waals surface area contributed by atoms with Crippen molar-refractivity contribution >= 4 is 27.8 Å². The first-order valence-electron chi connectivity index (χ1n) is 8.42. The molecule has 0 radical (unpaired) electrons. The van der Waals surface area contributed by atoms with Gasteiger partial charge >= 0.3 is 5.97 Å². The van der Waals surface area contributed by atoms with Gasteiger partial charge in [-0.15, -0.1) is 11.3 Å². The molecular weight excluding hydrogens is 380 g/mol. The Morgan fingerprint density at radius 2 is 2.04 bits per heavy atom.